The number of amides is 1. The molecule has 1 aliphatic rings. The van der Waals surface area contributed by atoms with Crippen molar-refractivity contribution in [1.82, 2.24) is 0 Å². The van der Waals surface area contributed by atoms with E-state index in [1.54, 1.807) is 6.92 Å². The second-order valence-corrected chi connectivity index (χ2v) is 7.85. The molecular weight excluding hydrogens is 322 g/mol. The zero-order valence-electron chi connectivity index (χ0n) is 14.1. The summed E-state index contributed by atoms with van der Waals surface area (Å²) < 4.78 is 5.41. The second kappa shape index (κ2) is 6.06. The van der Waals surface area contributed by atoms with E-state index in [0.717, 1.165) is 40.0 Å². The van der Waals surface area contributed by atoms with Gasteiger partial charge in [-0.25, -0.2) is 4.79 Å². The van der Waals surface area contributed by atoms with E-state index in [1.807, 2.05) is 23.6 Å². The fourth-order valence-electron chi connectivity index (χ4n) is 3.40. The summed E-state index contributed by atoms with van der Waals surface area (Å²) in [6.07, 6.45) is 0.725. The van der Waals surface area contributed by atoms with Crippen molar-refractivity contribution >= 4 is 23.2 Å². The molecule has 2 N–H and O–H groups in total. The van der Waals surface area contributed by atoms with Gasteiger partial charge in [-0.15, -0.1) is 11.3 Å². The van der Waals surface area contributed by atoms with Gasteiger partial charge in [-0.3, -0.25) is 4.79 Å². The maximum Gasteiger partial charge on any atom is 0.405 e. The van der Waals surface area contributed by atoms with E-state index >= 15 is 0 Å². The van der Waals surface area contributed by atoms with Crippen LogP contribution in [-0.4, -0.2) is 11.9 Å². The summed E-state index contributed by atoms with van der Waals surface area (Å²) in [6, 6.07) is 8.08. The van der Waals surface area contributed by atoms with Gasteiger partial charge in [0.05, 0.1) is 4.88 Å². The van der Waals surface area contributed by atoms with Crippen LogP contribution in [0.5, 0.6) is 0 Å². The Morgan fingerprint density at radius 1 is 1.29 bits per heavy atom. The monoisotopic (exact) mass is 343 g/mol. The number of carbonyl (C=O) groups is 2. The fraction of sp³-hybridized carbons (Fsp3) is 0.368. The number of nitrogens with two attached hydrogens (primary N) is 1. The maximum atomic E-state index is 11.8. The van der Waals surface area contributed by atoms with Crippen LogP contribution in [0.15, 0.2) is 29.6 Å². The molecule has 1 aromatic heterocycles. The second-order valence-electron chi connectivity index (χ2n) is 6.94. The van der Waals surface area contributed by atoms with E-state index in [-0.39, 0.29) is 17.3 Å². The highest BCUT2D eigenvalue weighted by molar-refractivity contribution is 7.12. The summed E-state index contributed by atoms with van der Waals surface area (Å²) in [5.74, 6) is 0.0776. The van der Waals surface area contributed by atoms with Crippen LogP contribution < -0.4 is 5.73 Å². The van der Waals surface area contributed by atoms with Gasteiger partial charge in [0.25, 0.3) is 0 Å². The van der Waals surface area contributed by atoms with Gasteiger partial charge in [0.2, 0.25) is 0 Å². The number of primary amides is 1. The third kappa shape index (κ3) is 2.96. The number of ketones is 1. The number of Topliss-reactive ketones (excluding diaryl/α,β-unsaturated/α-hetero) is 1. The van der Waals surface area contributed by atoms with Crippen molar-refractivity contribution in [3.05, 3.63) is 45.6 Å². The molecule has 126 valence electrons. The number of fused-ring (bicyclic) bond motifs is 1. The smallest absolute Gasteiger partial charge is 0.405 e. The lowest BCUT2D eigenvalue weighted by atomic mass is 9.71. The summed E-state index contributed by atoms with van der Waals surface area (Å²) in [5, 5.41) is 1.94. The fourth-order valence-corrected chi connectivity index (χ4v) is 4.22. The van der Waals surface area contributed by atoms with Crippen molar-refractivity contribution in [2.45, 2.75) is 39.7 Å². The first-order chi connectivity index (χ1) is 11.3. The molecule has 1 aliphatic carbocycles. The number of benzene rings is 1. The van der Waals surface area contributed by atoms with Gasteiger partial charge < -0.3 is 10.5 Å². The summed E-state index contributed by atoms with van der Waals surface area (Å²) in [4.78, 5) is 23.9. The molecule has 0 fully saturated rings. The SMILES string of the molecule is CC(=O)c1sccc1-c1ccc2c(c1)CCC(C)(C)C2OC(N)=O. The van der Waals surface area contributed by atoms with Gasteiger partial charge in [-0.05, 0) is 47.9 Å². The van der Waals surface area contributed by atoms with Gasteiger partial charge >= 0.3 is 6.09 Å². The minimum absolute atomic E-state index is 0.0776. The van der Waals surface area contributed by atoms with Crippen LogP contribution in [0, 0.1) is 5.41 Å². The Kier molecular flexibility index (Phi) is 4.22. The topological polar surface area (TPSA) is 69.4 Å². The van der Waals surface area contributed by atoms with Gasteiger partial charge in [0.1, 0.15) is 6.10 Å². The minimum Gasteiger partial charge on any atom is -0.441 e. The molecule has 1 heterocycles. The van der Waals surface area contributed by atoms with E-state index < -0.39 is 6.09 Å². The Balaban J connectivity index is 2.04. The van der Waals surface area contributed by atoms with E-state index in [1.165, 1.54) is 11.3 Å². The largest absolute Gasteiger partial charge is 0.441 e. The number of ether oxygens (including phenoxy) is 1. The Morgan fingerprint density at radius 2 is 2.04 bits per heavy atom. The van der Waals surface area contributed by atoms with Crippen molar-refractivity contribution in [3.63, 3.8) is 0 Å². The van der Waals surface area contributed by atoms with Crippen LogP contribution in [0.25, 0.3) is 11.1 Å². The molecular formula is C19H21NO3S. The molecule has 5 heteroatoms. The standard InChI is InChI=1S/C19H21NO3S/c1-11(21)16-14(7-9-24-16)12-4-5-15-13(10-12)6-8-19(2,3)17(15)23-18(20)22/h4-5,7,9-10,17H,6,8H2,1-3H3,(H2,20,22). The molecule has 0 aliphatic heterocycles. The Labute approximate surface area is 145 Å². The number of hydrogen-bond donors (Lipinski definition) is 1. The van der Waals surface area contributed by atoms with Crippen molar-refractivity contribution < 1.29 is 14.3 Å². The zero-order valence-corrected chi connectivity index (χ0v) is 14.9. The number of carbonyl (C=O) groups excluding carboxylic acids is 2. The van der Waals surface area contributed by atoms with Crippen LogP contribution in [-0.2, 0) is 11.2 Å². The molecule has 3 rings (SSSR count). The lowest BCUT2D eigenvalue weighted by Gasteiger charge is -2.39. The molecule has 1 atom stereocenters. The predicted octanol–water partition coefficient (Wildman–Crippen LogP) is 4.73. The Bertz CT molecular complexity index is 807. The Morgan fingerprint density at radius 3 is 2.71 bits per heavy atom. The summed E-state index contributed by atoms with van der Waals surface area (Å²) in [7, 11) is 0. The lowest BCUT2D eigenvalue weighted by Crippen LogP contribution is -2.33. The normalized spacial score (nSPS) is 18.7. The van der Waals surface area contributed by atoms with Crippen LogP contribution in [0.4, 0.5) is 4.79 Å². The molecule has 2 aromatic rings. The minimum atomic E-state index is -0.748. The maximum absolute atomic E-state index is 11.8. The zero-order chi connectivity index (χ0) is 17.5. The van der Waals surface area contributed by atoms with E-state index in [0.29, 0.717) is 0 Å². The van der Waals surface area contributed by atoms with Gasteiger partial charge in [0.15, 0.2) is 5.78 Å². The van der Waals surface area contributed by atoms with Crippen molar-refractivity contribution in [3.8, 4) is 11.1 Å². The first-order valence-corrected chi connectivity index (χ1v) is 8.85. The first kappa shape index (κ1) is 16.7. The molecule has 0 saturated heterocycles. The first-order valence-electron chi connectivity index (χ1n) is 7.97. The molecule has 0 radical (unpaired) electrons. The van der Waals surface area contributed by atoms with Crippen molar-refractivity contribution in [1.29, 1.82) is 0 Å². The van der Waals surface area contributed by atoms with Crippen LogP contribution >= 0.6 is 11.3 Å². The van der Waals surface area contributed by atoms with E-state index in [2.05, 4.69) is 19.9 Å². The lowest BCUT2D eigenvalue weighted by molar-refractivity contribution is 0.0147. The number of aryl methyl sites for hydroxylation is 1. The van der Waals surface area contributed by atoms with E-state index in [9.17, 15) is 9.59 Å². The quantitative estimate of drug-likeness (QED) is 0.819. The van der Waals surface area contributed by atoms with Crippen LogP contribution in [0.2, 0.25) is 0 Å². The molecule has 4 nitrogen and oxygen atoms in total. The van der Waals surface area contributed by atoms with Gasteiger partial charge in [0, 0.05) is 11.0 Å². The molecule has 0 saturated carbocycles. The van der Waals surface area contributed by atoms with Crippen LogP contribution in [0.1, 0.15) is 54.1 Å². The predicted molar refractivity (Wildman–Crippen MR) is 95.3 cm³/mol. The summed E-state index contributed by atoms with van der Waals surface area (Å²) in [5.41, 5.74) is 9.26. The highest BCUT2D eigenvalue weighted by Gasteiger charge is 2.38. The van der Waals surface area contributed by atoms with Crippen molar-refractivity contribution in [2.24, 2.45) is 11.1 Å². The molecule has 0 bridgehead atoms. The number of thiophene rings is 1. The molecule has 1 unspecified atom stereocenters. The molecule has 1 aromatic carbocycles. The number of rotatable bonds is 3. The van der Waals surface area contributed by atoms with Gasteiger partial charge in [-0.1, -0.05) is 32.0 Å². The molecule has 24 heavy (non-hydrogen) atoms. The average Bonchev–Trinajstić information content (AvgIpc) is 2.99. The van der Waals surface area contributed by atoms with E-state index in [4.69, 9.17) is 10.5 Å². The van der Waals surface area contributed by atoms with Crippen molar-refractivity contribution in [2.75, 3.05) is 0 Å². The third-order valence-corrected chi connectivity index (χ3v) is 5.72. The average molecular weight is 343 g/mol. The summed E-state index contributed by atoms with van der Waals surface area (Å²) in [6.45, 7) is 5.77. The summed E-state index contributed by atoms with van der Waals surface area (Å²) >= 11 is 1.46. The Hall–Kier alpha value is -2.14. The molecule has 0 spiro atoms. The number of hydrogen-bond acceptors (Lipinski definition) is 4. The van der Waals surface area contributed by atoms with Crippen LogP contribution in [0.3, 0.4) is 0 Å². The molecule has 1 amide bonds. The highest BCUT2D eigenvalue weighted by Crippen LogP contribution is 2.46. The third-order valence-electron chi connectivity index (χ3n) is 4.70. The van der Waals surface area contributed by atoms with Gasteiger partial charge in [-0.2, -0.15) is 0 Å². The highest BCUT2D eigenvalue weighted by atomic mass is 32.1.